The molecule has 0 radical (unpaired) electrons. The van der Waals surface area contributed by atoms with Gasteiger partial charge >= 0.3 is 6.03 Å². The Morgan fingerprint density at radius 1 is 1.05 bits per heavy atom. The number of anilines is 2. The van der Waals surface area contributed by atoms with E-state index in [0.717, 1.165) is 56.3 Å². The highest BCUT2D eigenvalue weighted by molar-refractivity contribution is 6.31. The van der Waals surface area contributed by atoms with Gasteiger partial charge < -0.3 is 25.2 Å². The van der Waals surface area contributed by atoms with Crippen molar-refractivity contribution in [2.45, 2.75) is 44.2 Å². The number of piperidine rings is 1. The molecule has 0 bridgehead atoms. The number of aromatic nitrogens is 1. The Labute approximate surface area is 234 Å². The molecule has 2 aromatic carbocycles. The van der Waals surface area contributed by atoms with Crippen molar-refractivity contribution in [1.82, 2.24) is 15.2 Å². The summed E-state index contributed by atoms with van der Waals surface area (Å²) < 4.78 is 5.34. The van der Waals surface area contributed by atoms with Crippen LogP contribution in [-0.2, 0) is 6.42 Å². The molecule has 1 aliphatic heterocycles. The largest absolute Gasteiger partial charge is 0.495 e. The van der Waals surface area contributed by atoms with Gasteiger partial charge in [-0.3, -0.25) is 9.78 Å². The number of rotatable bonds is 6. The molecule has 3 aromatic rings. The molecule has 2 heterocycles. The lowest BCUT2D eigenvalue weighted by Crippen LogP contribution is -2.45. The fourth-order valence-corrected chi connectivity index (χ4v) is 5.78. The molecule has 1 saturated heterocycles. The summed E-state index contributed by atoms with van der Waals surface area (Å²) in [6, 6.07) is 14.7. The molecule has 1 atom stereocenters. The fraction of sp³-hybridized carbons (Fsp3) is 0.367. The molecule has 8 nitrogen and oxygen atoms in total. The summed E-state index contributed by atoms with van der Waals surface area (Å²) >= 11 is 6.11. The van der Waals surface area contributed by atoms with E-state index in [2.05, 4.69) is 20.5 Å². The number of nitrogens with one attached hydrogen (secondary N) is 2. The highest BCUT2D eigenvalue weighted by Gasteiger charge is 2.28. The maximum absolute atomic E-state index is 13.5. The molecule has 0 spiro atoms. The third-order valence-corrected chi connectivity index (χ3v) is 8.02. The smallest absolute Gasteiger partial charge is 0.319 e. The fourth-order valence-electron chi connectivity index (χ4n) is 5.61. The van der Waals surface area contributed by atoms with Crippen molar-refractivity contribution in [2.75, 3.05) is 37.5 Å². The summed E-state index contributed by atoms with van der Waals surface area (Å²) in [6.07, 6.45) is 8.13. The zero-order chi connectivity index (χ0) is 27.4. The molecule has 1 aliphatic carbocycles. The van der Waals surface area contributed by atoms with Crippen molar-refractivity contribution in [2.24, 2.45) is 0 Å². The van der Waals surface area contributed by atoms with Gasteiger partial charge in [-0.25, -0.2) is 4.79 Å². The SMILES string of the molecule is COc1ccc(Cl)cc1NC(=O)NC1CCCc2ccc(C(=O)N(C)C3CCN(c4ccncc4)CC3)cc21. The number of hydrogen-bond donors (Lipinski definition) is 2. The van der Waals surface area contributed by atoms with Crippen molar-refractivity contribution in [3.05, 3.63) is 82.6 Å². The number of urea groups is 1. The summed E-state index contributed by atoms with van der Waals surface area (Å²) in [7, 11) is 3.44. The van der Waals surface area contributed by atoms with Crippen molar-refractivity contribution >= 4 is 34.9 Å². The van der Waals surface area contributed by atoms with Gasteiger partial charge in [0.25, 0.3) is 5.91 Å². The summed E-state index contributed by atoms with van der Waals surface area (Å²) in [5, 5.41) is 6.45. The van der Waals surface area contributed by atoms with E-state index in [0.29, 0.717) is 22.0 Å². The van der Waals surface area contributed by atoms with Gasteiger partial charge in [0.05, 0.1) is 18.8 Å². The van der Waals surface area contributed by atoms with Crippen LogP contribution in [0, 0.1) is 0 Å². The van der Waals surface area contributed by atoms with Crippen molar-refractivity contribution in [3.8, 4) is 5.75 Å². The van der Waals surface area contributed by atoms with Crippen molar-refractivity contribution < 1.29 is 14.3 Å². The number of fused-ring (bicyclic) bond motifs is 1. The van der Waals surface area contributed by atoms with Crippen LogP contribution in [0.3, 0.4) is 0 Å². The van der Waals surface area contributed by atoms with E-state index < -0.39 is 0 Å². The van der Waals surface area contributed by atoms with E-state index in [-0.39, 0.29) is 24.0 Å². The van der Waals surface area contributed by atoms with Crippen LogP contribution in [-0.4, -0.2) is 55.1 Å². The zero-order valence-electron chi connectivity index (χ0n) is 22.3. The maximum atomic E-state index is 13.5. The number of nitrogens with zero attached hydrogens (tertiary/aromatic N) is 3. The first-order valence-corrected chi connectivity index (χ1v) is 13.8. The van der Waals surface area contributed by atoms with E-state index in [4.69, 9.17) is 16.3 Å². The summed E-state index contributed by atoms with van der Waals surface area (Å²) in [6.45, 7) is 1.80. The molecule has 9 heteroatoms. The Morgan fingerprint density at radius 3 is 2.56 bits per heavy atom. The van der Waals surface area contributed by atoms with E-state index in [1.165, 1.54) is 5.69 Å². The monoisotopic (exact) mass is 547 g/mol. The number of halogens is 1. The molecule has 5 rings (SSSR count). The van der Waals surface area contributed by atoms with Crippen LogP contribution in [0.4, 0.5) is 16.2 Å². The Bertz CT molecular complexity index is 1330. The lowest BCUT2D eigenvalue weighted by Gasteiger charge is -2.38. The highest BCUT2D eigenvalue weighted by Crippen LogP contribution is 2.32. The van der Waals surface area contributed by atoms with Crippen LogP contribution in [0.25, 0.3) is 0 Å². The van der Waals surface area contributed by atoms with Crippen LogP contribution in [0.2, 0.25) is 5.02 Å². The summed E-state index contributed by atoms with van der Waals surface area (Å²) in [5.74, 6) is 0.540. The Kier molecular flexibility index (Phi) is 8.21. The van der Waals surface area contributed by atoms with E-state index in [9.17, 15) is 9.59 Å². The zero-order valence-corrected chi connectivity index (χ0v) is 23.1. The van der Waals surface area contributed by atoms with Crippen LogP contribution >= 0.6 is 11.6 Å². The predicted molar refractivity (Wildman–Crippen MR) is 154 cm³/mol. The topological polar surface area (TPSA) is 86.8 Å². The Balaban J connectivity index is 1.25. The van der Waals surface area contributed by atoms with Crippen LogP contribution in [0.1, 0.15) is 53.2 Å². The second-order valence-corrected chi connectivity index (χ2v) is 10.6. The highest BCUT2D eigenvalue weighted by atomic mass is 35.5. The molecule has 3 amide bonds. The maximum Gasteiger partial charge on any atom is 0.319 e. The second kappa shape index (κ2) is 11.9. The minimum absolute atomic E-state index is 0.0117. The number of benzene rings is 2. The molecule has 1 aromatic heterocycles. The number of methoxy groups -OCH3 is 1. The molecule has 2 N–H and O–H groups in total. The third kappa shape index (κ3) is 6.11. The van der Waals surface area contributed by atoms with Gasteiger partial charge in [0, 0.05) is 54.8 Å². The van der Waals surface area contributed by atoms with E-state index >= 15 is 0 Å². The number of hydrogen-bond acceptors (Lipinski definition) is 5. The Morgan fingerprint density at radius 2 is 1.82 bits per heavy atom. The molecular formula is C30H34ClN5O3. The predicted octanol–water partition coefficient (Wildman–Crippen LogP) is 5.68. The van der Waals surface area contributed by atoms with Crippen molar-refractivity contribution in [3.63, 3.8) is 0 Å². The molecule has 39 heavy (non-hydrogen) atoms. The van der Waals surface area contributed by atoms with Gasteiger partial charge in [-0.05, 0) is 85.7 Å². The average molecular weight is 548 g/mol. The van der Waals surface area contributed by atoms with Crippen LogP contribution in [0.15, 0.2) is 60.9 Å². The third-order valence-electron chi connectivity index (χ3n) is 7.78. The minimum Gasteiger partial charge on any atom is -0.495 e. The van der Waals surface area contributed by atoms with E-state index in [1.807, 2.05) is 54.7 Å². The molecule has 1 fully saturated rings. The standard InChI is InChI=1S/C30H34ClN5O3/c1-35(23-12-16-36(17-13-23)24-10-14-32-15-11-24)29(37)21-7-6-20-4-3-5-26(25(20)18-21)33-30(38)34-27-19-22(31)8-9-28(27)39-2/h6-11,14-15,18-19,23,26H,3-5,12-13,16-17H2,1-2H3,(H2,33,34,38). The van der Waals surface area contributed by atoms with Gasteiger partial charge in [-0.15, -0.1) is 0 Å². The molecule has 0 saturated carbocycles. The summed E-state index contributed by atoms with van der Waals surface area (Å²) in [4.78, 5) is 34.8. The first kappa shape index (κ1) is 26.8. The minimum atomic E-state index is -0.344. The quantitative estimate of drug-likeness (QED) is 0.414. The van der Waals surface area contributed by atoms with Gasteiger partial charge in [-0.2, -0.15) is 0 Å². The molecule has 1 unspecified atom stereocenters. The Hall–Kier alpha value is -3.78. The number of ether oxygens (including phenoxy) is 1. The summed E-state index contributed by atoms with van der Waals surface area (Å²) in [5.41, 5.74) is 4.49. The average Bonchev–Trinajstić information content (AvgIpc) is 2.97. The molecule has 2 aliphatic rings. The number of aryl methyl sites for hydroxylation is 1. The normalized spacial score (nSPS) is 17.2. The first-order chi connectivity index (χ1) is 18.9. The van der Waals surface area contributed by atoms with E-state index in [1.54, 1.807) is 25.3 Å². The molecule has 204 valence electrons. The van der Waals surface area contributed by atoms with Crippen LogP contribution in [0.5, 0.6) is 5.75 Å². The lowest BCUT2D eigenvalue weighted by molar-refractivity contribution is 0.0709. The number of carbonyl (C=O) groups is 2. The van der Waals surface area contributed by atoms with Crippen LogP contribution < -0.4 is 20.3 Å². The lowest BCUT2D eigenvalue weighted by atomic mass is 9.86. The number of amides is 3. The molecular weight excluding hydrogens is 514 g/mol. The van der Waals surface area contributed by atoms with Gasteiger partial charge in [0.1, 0.15) is 5.75 Å². The van der Waals surface area contributed by atoms with Gasteiger partial charge in [0.2, 0.25) is 0 Å². The van der Waals surface area contributed by atoms with Crippen molar-refractivity contribution in [1.29, 1.82) is 0 Å². The second-order valence-electron chi connectivity index (χ2n) is 10.1. The van der Waals surface area contributed by atoms with Gasteiger partial charge in [-0.1, -0.05) is 17.7 Å². The van der Waals surface area contributed by atoms with Gasteiger partial charge in [0.15, 0.2) is 0 Å². The number of carbonyl (C=O) groups excluding carboxylic acids is 2. The number of pyridine rings is 1. The first-order valence-electron chi connectivity index (χ1n) is 13.4.